The minimum absolute atomic E-state index is 0.0470. The number of nitrogens with zero attached hydrogens (tertiary/aromatic N) is 1. The van der Waals surface area contributed by atoms with Gasteiger partial charge in [-0.15, -0.1) is 0 Å². The number of hydrazone groups is 1. The van der Waals surface area contributed by atoms with Crippen LogP contribution in [-0.4, -0.2) is 18.2 Å². The zero-order valence-corrected chi connectivity index (χ0v) is 16.0. The molecule has 1 aliphatic rings. The Morgan fingerprint density at radius 1 is 1.45 bits per heavy atom. The molecular formula is C16H20Br2N2O2. The second-order valence-electron chi connectivity index (χ2n) is 5.46. The maximum Gasteiger partial charge on any atom is 0.277 e. The highest BCUT2D eigenvalue weighted by atomic mass is 79.9. The summed E-state index contributed by atoms with van der Waals surface area (Å²) in [7, 11) is 0. The van der Waals surface area contributed by atoms with Crippen molar-refractivity contribution >= 4 is 43.5 Å². The summed E-state index contributed by atoms with van der Waals surface area (Å²) in [6.07, 6.45) is 4.40. The number of nitrogens with one attached hydrogen (secondary N) is 1. The number of hydrogen-bond donors (Lipinski definition) is 1. The van der Waals surface area contributed by atoms with E-state index in [4.69, 9.17) is 4.74 Å². The van der Waals surface area contributed by atoms with E-state index in [1.807, 2.05) is 19.1 Å². The van der Waals surface area contributed by atoms with Crippen molar-refractivity contribution in [3.8, 4) is 5.75 Å². The lowest BCUT2D eigenvalue weighted by atomic mass is 10.0. The first-order chi connectivity index (χ1) is 10.5. The van der Waals surface area contributed by atoms with Gasteiger partial charge in [-0.25, -0.2) is 5.43 Å². The Bertz CT molecular complexity index is 565. The summed E-state index contributed by atoms with van der Waals surface area (Å²) in [6.45, 7) is 4.05. The average Bonchev–Trinajstić information content (AvgIpc) is 2.91. The highest BCUT2D eigenvalue weighted by Gasteiger charge is 2.21. The predicted octanol–water partition coefficient (Wildman–Crippen LogP) is 4.58. The Morgan fingerprint density at radius 2 is 2.23 bits per heavy atom. The van der Waals surface area contributed by atoms with Crippen molar-refractivity contribution < 1.29 is 9.53 Å². The molecule has 0 bridgehead atoms. The van der Waals surface area contributed by atoms with Gasteiger partial charge in [0.1, 0.15) is 5.75 Å². The third-order valence-electron chi connectivity index (χ3n) is 3.82. The van der Waals surface area contributed by atoms with Gasteiger partial charge >= 0.3 is 0 Å². The summed E-state index contributed by atoms with van der Waals surface area (Å²) in [4.78, 5) is 11.9. The predicted molar refractivity (Wildman–Crippen MR) is 95.3 cm³/mol. The SMILES string of the molecule is CCC1CCC/C1=N/NC(=O)COc1c(C)cc(Br)cc1Br. The van der Waals surface area contributed by atoms with Crippen molar-refractivity contribution in [2.75, 3.05) is 6.61 Å². The topological polar surface area (TPSA) is 50.7 Å². The Hall–Kier alpha value is -0.880. The molecular weight excluding hydrogens is 412 g/mol. The standard InChI is InChI=1S/C16H20Br2N2O2/c1-3-11-5-4-6-14(11)19-20-15(21)9-22-16-10(2)7-12(17)8-13(16)18/h7-8,11H,3-6,9H2,1-2H3,(H,20,21)/b19-14-. The van der Waals surface area contributed by atoms with E-state index < -0.39 is 0 Å². The molecule has 1 aromatic carbocycles. The van der Waals surface area contributed by atoms with Crippen LogP contribution < -0.4 is 10.2 Å². The Labute approximate surface area is 148 Å². The molecule has 22 heavy (non-hydrogen) atoms. The van der Waals surface area contributed by atoms with Crippen LogP contribution in [-0.2, 0) is 4.79 Å². The number of rotatable bonds is 5. The van der Waals surface area contributed by atoms with E-state index in [1.165, 1.54) is 6.42 Å². The van der Waals surface area contributed by atoms with Crippen molar-refractivity contribution in [1.82, 2.24) is 5.43 Å². The highest BCUT2D eigenvalue weighted by Crippen LogP contribution is 2.32. The number of carbonyl (C=O) groups is 1. The fourth-order valence-corrected chi connectivity index (χ4v) is 4.22. The zero-order chi connectivity index (χ0) is 16.1. The van der Waals surface area contributed by atoms with Gasteiger partial charge in [0.25, 0.3) is 5.91 Å². The lowest BCUT2D eigenvalue weighted by molar-refractivity contribution is -0.123. The van der Waals surface area contributed by atoms with E-state index in [2.05, 4.69) is 49.3 Å². The second-order valence-corrected chi connectivity index (χ2v) is 7.23. The fourth-order valence-electron chi connectivity index (χ4n) is 2.66. The van der Waals surface area contributed by atoms with Crippen LogP contribution in [0.15, 0.2) is 26.2 Å². The Kier molecular flexibility index (Phi) is 6.44. The lowest BCUT2D eigenvalue weighted by Gasteiger charge is -2.11. The summed E-state index contributed by atoms with van der Waals surface area (Å²) in [5.74, 6) is 0.964. The summed E-state index contributed by atoms with van der Waals surface area (Å²) in [6, 6.07) is 3.84. The third-order valence-corrected chi connectivity index (χ3v) is 4.86. The maximum atomic E-state index is 11.9. The Morgan fingerprint density at radius 3 is 2.91 bits per heavy atom. The first-order valence-electron chi connectivity index (χ1n) is 7.45. The summed E-state index contributed by atoms with van der Waals surface area (Å²) < 4.78 is 7.39. The van der Waals surface area contributed by atoms with Crippen LogP contribution in [0.3, 0.4) is 0 Å². The molecule has 4 nitrogen and oxygen atoms in total. The summed E-state index contributed by atoms with van der Waals surface area (Å²) in [5, 5.41) is 4.26. The fraction of sp³-hybridized carbons (Fsp3) is 0.500. The maximum absolute atomic E-state index is 11.9. The normalized spacial score (nSPS) is 19.5. The number of hydrogen-bond acceptors (Lipinski definition) is 3. The molecule has 1 aliphatic carbocycles. The van der Waals surface area contributed by atoms with E-state index in [1.54, 1.807) is 0 Å². The van der Waals surface area contributed by atoms with E-state index in [-0.39, 0.29) is 12.5 Å². The molecule has 6 heteroatoms. The molecule has 0 aromatic heterocycles. The van der Waals surface area contributed by atoms with Gasteiger partial charge in [0, 0.05) is 10.2 Å². The molecule has 1 fully saturated rings. The summed E-state index contributed by atoms with van der Waals surface area (Å²) in [5.41, 5.74) is 4.68. The molecule has 1 amide bonds. The molecule has 1 saturated carbocycles. The third kappa shape index (κ3) is 4.56. The minimum atomic E-state index is -0.233. The first kappa shape index (κ1) is 17.5. The van der Waals surface area contributed by atoms with Gasteiger partial charge in [0.15, 0.2) is 6.61 Å². The van der Waals surface area contributed by atoms with E-state index >= 15 is 0 Å². The molecule has 2 rings (SSSR count). The number of ether oxygens (including phenoxy) is 1. The largest absolute Gasteiger partial charge is 0.482 e. The number of benzene rings is 1. The van der Waals surface area contributed by atoms with E-state index in [9.17, 15) is 4.79 Å². The van der Waals surface area contributed by atoms with Gasteiger partial charge in [-0.3, -0.25) is 4.79 Å². The van der Waals surface area contributed by atoms with Gasteiger partial charge < -0.3 is 4.74 Å². The van der Waals surface area contributed by atoms with Crippen LogP contribution in [0.25, 0.3) is 0 Å². The van der Waals surface area contributed by atoms with Crippen molar-refractivity contribution in [2.45, 2.75) is 39.5 Å². The van der Waals surface area contributed by atoms with Crippen LogP contribution in [0.4, 0.5) is 0 Å². The van der Waals surface area contributed by atoms with Gasteiger partial charge in [-0.05, 0) is 72.2 Å². The van der Waals surface area contributed by atoms with Crippen molar-refractivity contribution in [2.24, 2.45) is 11.0 Å². The molecule has 0 aliphatic heterocycles. The molecule has 0 radical (unpaired) electrons. The van der Waals surface area contributed by atoms with Crippen LogP contribution in [0.2, 0.25) is 0 Å². The van der Waals surface area contributed by atoms with Crippen molar-refractivity contribution in [3.63, 3.8) is 0 Å². The summed E-state index contributed by atoms with van der Waals surface area (Å²) >= 11 is 6.86. The molecule has 120 valence electrons. The zero-order valence-electron chi connectivity index (χ0n) is 12.8. The monoisotopic (exact) mass is 430 g/mol. The average molecular weight is 432 g/mol. The molecule has 0 heterocycles. The van der Waals surface area contributed by atoms with E-state index in [0.29, 0.717) is 11.7 Å². The smallest absolute Gasteiger partial charge is 0.277 e. The number of amides is 1. The number of halogens is 2. The molecule has 0 saturated heterocycles. The second kappa shape index (κ2) is 8.11. The van der Waals surface area contributed by atoms with Gasteiger partial charge in [-0.2, -0.15) is 5.10 Å². The highest BCUT2D eigenvalue weighted by molar-refractivity contribution is 9.11. The van der Waals surface area contributed by atoms with Crippen molar-refractivity contribution in [3.05, 3.63) is 26.6 Å². The first-order valence-corrected chi connectivity index (χ1v) is 9.03. The molecule has 1 unspecified atom stereocenters. The molecule has 1 atom stereocenters. The van der Waals surface area contributed by atoms with Crippen molar-refractivity contribution in [1.29, 1.82) is 0 Å². The Balaban J connectivity index is 1.90. The minimum Gasteiger partial charge on any atom is -0.482 e. The molecule has 0 spiro atoms. The van der Waals surface area contributed by atoms with E-state index in [0.717, 1.165) is 39.5 Å². The van der Waals surface area contributed by atoms with Crippen LogP contribution >= 0.6 is 31.9 Å². The quantitative estimate of drug-likeness (QED) is 0.693. The molecule has 1 aromatic rings. The van der Waals surface area contributed by atoms with Crippen LogP contribution in [0, 0.1) is 12.8 Å². The van der Waals surface area contributed by atoms with Gasteiger partial charge in [0.2, 0.25) is 0 Å². The van der Waals surface area contributed by atoms with Crippen LogP contribution in [0.1, 0.15) is 38.2 Å². The molecule has 1 N–H and O–H groups in total. The van der Waals surface area contributed by atoms with Gasteiger partial charge in [0.05, 0.1) is 4.47 Å². The van der Waals surface area contributed by atoms with Crippen LogP contribution in [0.5, 0.6) is 5.75 Å². The number of carbonyl (C=O) groups excluding carboxylic acids is 1. The lowest BCUT2D eigenvalue weighted by Crippen LogP contribution is -2.26. The number of aryl methyl sites for hydroxylation is 1. The van der Waals surface area contributed by atoms with Gasteiger partial charge in [-0.1, -0.05) is 22.9 Å².